The lowest BCUT2D eigenvalue weighted by atomic mass is 9.96. The highest BCUT2D eigenvalue weighted by Gasteiger charge is 2.30. The summed E-state index contributed by atoms with van der Waals surface area (Å²) in [5.41, 5.74) is 0.842. The molecule has 6 nitrogen and oxygen atoms in total. The Bertz CT molecular complexity index is 613. The van der Waals surface area contributed by atoms with E-state index >= 15 is 0 Å². The number of nitrogens with one attached hydrogen (secondary N) is 2. The van der Waals surface area contributed by atoms with E-state index in [4.69, 9.17) is 5.14 Å². The van der Waals surface area contributed by atoms with Crippen LogP contribution in [0.1, 0.15) is 25.5 Å². The largest absolute Gasteiger partial charge is 0.349 e. The maximum atomic E-state index is 12.2. The van der Waals surface area contributed by atoms with Crippen LogP contribution in [0.15, 0.2) is 29.2 Å². The van der Waals surface area contributed by atoms with Gasteiger partial charge in [-0.15, -0.1) is 0 Å². The number of benzene rings is 1. The highest BCUT2D eigenvalue weighted by molar-refractivity contribution is 7.89. The molecule has 0 radical (unpaired) electrons. The lowest BCUT2D eigenvalue weighted by molar-refractivity contribution is -0.126. The number of hydrogen-bond acceptors (Lipinski definition) is 4. The van der Waals surface area contributed by atoms with Gasteiger partial charge in [-0.3, -0.25) is 4.79 Å². The first-order valence-corrected chi connectivity index (χ1v) is 8.47. The average molecular weight is 311 g/mol. The van der Waals surface area contributed by atoms with Crippen LogP contribution >= 0.6 is 0 Å². The smallest absolute Gasteiger partial charge is 0.238 e. The summed E-state index contributed by atoms with van der Waals surface area (Å²) in [6.45, 7) is 5.48. The van der Waals surface area contributed by atoms with Crippen molar-refractivity contribution in [1.82, 2.24) is 10.6 Å². The Balaban J connectivity index is 2.03. The van der Waals surface area contributed by atoms with Crippen molar-refractivity contribution in [3.63, 3.8) is 0 Å². The zero-order valence-electron chi connectivity index (χ0n) is 12.2. The molecule has 1 aliphatic rings. The summed E-state index contributed by atoms with van der Waals surface area (Å²) >= 11 is 0. The second-order valence-electron chi connectivity index (χ2n) is 5.59. The summed E-state index contributed by atoms with van der Waals surface area (Å²) in [5, 5.41) is 11.2. The van der Waals surface area contributed by atoms with Gasteiger partial charge in [0.05, 0.1) is 16.9 Å². The molecule has 0 bridgehead atoms. The third-order valence-electron chi connectivity index (χ3n) is 3.92. The quantitative estimate of drug-likeness (QED) is 0.747. The summed E-state index contributed by atoms with van der Waals surface area (Å²) in [7, 11) is -3.68. The van der Waals surface area contributed by atoms with Crippen LogP contribution in [0.4, 0.5) is 0 Å². The first-order chi connectivity index (χ1) is 9.79. The molecule has 1 heterocycles. The number of amides is 1. The van der Waals surface area contributed by atoms with E-state index in [1.54, 1.807) is 12.1 Å². The molecule has 1 saturated heterocycles. The minimum Gasteiger partial charge on any atom is -0.349 e. The zero-order valence-corrected chi connectivity index (χ0v) is 13.0. The van der Waals surface area contributed by atoms with E-state index in [-0.39, 0.29) is 22.8 Å². The summed E-state index contributed by atoms with van der Waals surface area (Å²) in [6, 6.07) is 6.06. The van der Waals surface area contributed by atoms with Crippen LogP contribution in [-0.4, -0.2) is 27.4 Å². The van der Waals surface area contributed by atoms with Crippen LogP contribution in [0.25, 0.3) is 0 Å². The SMILES string of the molecule is CC(NC(=O)C1CNCC1C)c1ccc(S(N)(=O)=O)cc1. The zero-order chi connectivity index (χ0) is 15.6. The molecule has 1 aliphatic heterocycles. The summed E-state index contributed by atoms with van der Waals surface area (Å²) < 4.78 is 22.4. The highest BCUT2D eigenvalue weighted by Crippen LogP contribution is 2.19. The molecule has 7 heteroatoms. The number of sulfonamides is 1. The molecule has 0 saturated carbocycles. The van der Waals surface area contributed by atoms with Crippen LogP contribution in [0.5, 0.6) is 0 Å². The Morgan fingerprint density at radius 2 is 1.95 bits per heavy atom. The molecule has 0 aromatic heterocycles. The molecule has 3 unspecified atom stereocenters. The minimum absolute atomic E-state index is 0.0175. The second-order valence-corrected chi connectivity index (χ2v) is 7.15. The fourth-order valence-electron chi connectivity index (χ4n) is 2.51. The molecule has 21 heavy (non-hydrogen) atoms. The van der Waals surface area contributed by atoms with Gasteiger partial charge in [0.1, 0.15) is 0 Å². The van der Waals surface area contributed by atoms with E-state index in [0.29, 0.717) is 12.5 Å². The third kappa shape index (κ3) is 3.81. The molecular formula is C14H21N3O3S. The molecule has 3 atom stereocenters. The minimum atomic E-state index is -3.68. The van der Waals surface area contributed by atoms with Gasteiger partial charge in [0.25, 0.3) is 0 Å². The van der Waals surface area contributed by atoms with Gasteiger partial charge >= 0.3 is 0 Å². The Kier molecular flexibility index (Phi) is 4.65. The van der Waals surface area contributed by atoms with Crippen LogP contribution in [0.3, 0.4) is 0 Å². The molecule has 2 rings (SSSR count). The number of hydrogen-bond donors (Lipinski definition) is 3. The van der Waals surface area contributed by atoms with Gasteiger partial charge in [-0.05, 0) is 37.1 Å². The third-order valence-corrected chi connectivity index (χ3v) is 4.85. The number of primary sulfonamides is 1. The first-order valence-electron chi connectivity index (χ1n) is 6.93. The van der Waals surface area contributed by atoms with Crippen molar-refractivity contribution in [3.05, 3.63) is 29.8 Å². The van der Waals surface area contributed by atoms with E-state index < -0.39 is 10.0 Å². The van der Waals surface area contributed by atoms with E-state index in [9.17, 15) is 13.2 Å². The summed E-state index contributed by atoms with van der Waals surface area (Å²) in [4.78, 5) is 12.3. The van der Waals surface area contributed by atoms with E-state index in [1.165, 1.54) is 12.1 Å². The predicted molar refractivity (Wildman–Crippen MR) is 79.9 cm³/mol. The Labute approximate surface area is 125 Å². The van der Waals surface area contributed by atoms with Crippen molar-refractivity contribution in [2.75, 3.05) is 13.1 Å². The second kappa shape index (κ2) is 6.13. The summed E-state index contributed by atoms with van der Waals surface area (Å²) in [6.07, 6.45) is 0. The molecule has 4 N–H and O–H groups in total. The Morgan fingerprint density at radius 3 is 2.43 bits per heavy atom. The van der Waals surface area contributed by atoms with Gasteiger partial charge in [-0.1, -0.05) is 19.1 Å². The molecule has 0 aliphatic carbocycles. The van der Waals surface area contributed by atoms with Gasteiger partial charge < -0.3 is 10.6 Å². The highest BCUT2D eigenvalue weighted by atomic mass is 32.2. The molecular weight excluding hydrogens is 290 g/mol. The standard InChI is InChI=1S/C14H21N3O3S/c1-9-7-16-8-13(9)14(18)17-10(2)11-3-5-12(6-4-11)21(15,19)20/h3-6,9-10,13,16H,7-8H2,1-2H3,(H,17,18)(H2,15,19,20). The van der Waals surface area contributed by atoms with Crippen molar-refractivity contribution in [2.45, 2.75) is 24.8 Å². The van der Waals surface area contributed by atoms with Crippen LogP contribution < -0.4 is 15.8 Å². The number of carbonyl (C=O) groups is 1. The van der Waals surface area contributed by atoms with Gasteiger partial charge in [0.15, 0.2) is 0 Å². The van der Waals surface area contributed by atoms with Gasteiger partial charge in [0.2, 0.25) is 15.9 Å². The maximum Gasteiger partial charge on any atom is 0.238 e. The van der Waals surface area contributed by atoms with Crippen molar-refractivity contribution < 1.29 is 13.2 Å². The number of rotatable bonds is 4. The Morgan fingerprint density at radius 1 is 1.33 bits per heavy atom. The van der Waals surface area contributed by atoms with Crippen LogP contribution in [0.2, 0.25) is 0 Å². The van der Waals surface area contributed by atoms with Crippen molar-refractivity contribution in [2.24, 2.45) is 17.0 Å². The average Bonchev–Trinajstić information content (AvgIpc) is 2.84. The van der Waals surface area contributed by atoms with E-state index in [2.05, 4.69) is 17.6 Å². The van der Waals surface area contributed by atoms with E-state index in [1.807, 2.05) is 6.92 Å². The van der Waals surface area contributed by atoms with Crippen LogP contribution in [-0.2, 0) is 14.8 Å². The van der Waals surface area contributed by atoms with Crippen molar-refractivity contribution in [1.29, 1.82) is 0 Å². The first kappa shape index (κ1) is 15.9. The molecule has 0 spiro atoms. The number of carbonyl (C=O) groups excluding carboxylic acids is 1. The van der Waals surface area contributed by atoms with Crippen LogP contribution in [0, 0.1) is 11.8 Å². The van der Waals surface area contributed by atoms with Gasteiger partial charge in [-0.25, -0.2) is 13.6 Å². The molecule has 1 aromatic carbocycles. The van der Waals surface area contributed by atoms with Gasteiger partial charge in [-0.2, -0.15) is 0 Å². The maximum absolute atomic E-state index is 12.2. The Hall–Kier alpha value is -1.44. The van der Waals surface area contributed by atoms with Crippen molar-refractivity contribution in [3.8, 4) is 0 Å². The monoisotopic (exact) mass is 311 g/mol. The fourth-order valence-corrected chi connectivity index (χ4v) is 3.03. The number of nitrogens with two attached hydrogens (primary N) is 1. The fraction of sp³-hybridized carbons (Fsp3) is 0.500. The van der Waals surface area contributed by atoms with E-state index in [0.717, 1.165) is 12.1 Å². The molecule has 1 fully saturated rings. The molecule has 1 aromatic rings. The molecule has 116 valence electrons. The van der Waals surface area contributed by atoms with Crippen molar-refractivity contribution >= 4 is 15.9 Å². The molecule has 1 amide bonds. The lowest BCUT2D eigenvalue weighted by Crippen LogP contribution is -2.35. The van der Waals surface area contributed by atoms with Gasteiger partial charge in [0, 0.05) is 6.54 Å². The lowest BCUT2D eigenvalue weighted by Gasteiger charge is -2.19. The summed E-state index contributed by atoms with van der Waals surface area (Å²) in [5.74, 6) is 0.327. The topological polar surface area (TPSA) is 101 Å². The normalized spacial score (nSPS) is 23.8. The predicted octanol–water partition coefficient (Wildman–Crippen LogP) is 0.367.